The second-order valence-electron chi connectivity index (χ2n) is 2.95. The van der Waals surface area contributed by atoms with Crippen molar-refractivity contribution in [2.24, 2.45) is 0 Å². The Morgan fingerprint density at radius 2 is 2.00 bits per heavy atom. The van der Waals surface area contributed by atoms with Crippen LogP contribution in [0.4, 0.5) is 0 Å². The summed E-state index contributed by atoms with van der Waals surface area (Å²) in [5.74, 6) is 0.394. The van der Waals surface area contributed by atoms with Crippen molar-refractivity contribution in [2.45, 2.75) is 39.0 Å². The van der Waals surface area contributed by atoms with Crippen LogP contribution in [0.3, 0.4) is 0 Å². The smallest absolute Gasteiger partial charge is 0.158 e. The number of unbranched alkanes of at least 4 members (excludes halogenated alkanes) is 2. The predicted octanol–water partition coefficient (Wildman–Crippen LogP) is 3.89. The number of hydrogen-bond acceptors (Lipinski definition) is 1. The van der Waals surface area contributed by atoms with E-state index in [1.807, 2.05) is 0 Å². The standard InChI is InChI=1S/C10H16Cl2O/c1-2-3-4-5-9(12)8-10(13)6-7-11/h8H,2-7H2,1H3/b9-8+. The van der Waals surface area contributed by atoms with Crippen molar-refractivity contribution >= 4 is 29.0 Å². The van der Waals surface area contributed by atoms with Crippen molar-refractivity contribution < 1.29 is 4.79 Å². The quantitative estimate of drug-likeness (QED) is 0.363. The molecule has 0 radical (unpaired) electrons. The summed E-state index contributed by atoms with van der Waals surface area (Å²) in [6.07, 6.45) is 6.07. The van der Waals surface area contributed by atoms with E-state index in [0.717, 1.165) is 19.3 Å². The van der Waals surface area contributed by atoms with E-state index in [1.165, 1.54) is 12.5 Å². The number of carbonyl (C=O) groups is 1. The van der Waals surface area contributed by atoms with Crippen LogP contribution in [0.2, 0.25) is 0 Å². The molecule has 13 heavy (non-hydrogen) atoms. The van der Waals surface area contributed by atoms with Crippen molar-refractivity contribution in [3.05, 3.63) is 11.1 Å². The maximum Gasteiger partial charge on any atom is 0.158 e. The molecule has 1 nitrogen and oxygen atoms in total. The van der Waals surface area contributed by atoms with E-state index >= 15 is 0 Å². The number of rotatable bonds is 7. The Labute approximate surface area is 90.1 Å². The number of alkyl halides is 1. The maximum atomic E-state index is 11.0. The van der Waals surface area contributed by atoms with E-state index in [9.17, 15) is 4.79 Å². The highest BCUT2D eigenvalue weighted by Crippen LogP contribution is 2.13. The van der Waals surface area contributed by atoms with Crippen LogP contribution in [-0.2, 0) is 4.79 Å². The monoisotopic (exact) mass is 222 g/mol. The van der Waals surface area contributed by atoms with Crippen LogP contribution in [0.5, 0.6) is 0 Å². The molecule has 0 N–H and O–H groups in total. The zero-order valence-electron chi connectivity index (χ0n) is 7.98. The Balaban J connectivity index is 3.67. The van der Waals surface area contributed by atoms with E-state index in [4.69, 9.17) is 23.2 Å². The second-order valence-corrected chi connectivity index (χ2v) is 3.82. The lowest BCUT2D eigenvalue weighted by atomic mass is 10.2. The first-order chi connectivity index (χ1) is 6.20. The summed E-state index contributed by atoms with van der Waals surface area (Å²) >= 11 is 11.3. The average molecular weight is 223 g/mol. The zero-order valence-corrected chi connectivity index (χ0v) is 9.50. The number of carbonyl (C=O) groups excluding carboxylic acids is 1. The number of allylic oxidation sites excluding steroid dienone is 2. The van der Waals surface area contributed by atoms with Gasteiger partial charge in [-0.15, -0.1) is 11.6 Å². The van der Waals surface area contributed by atoms with Crippen LogP contribution >= 0.6 is 23.2 Å². The number of ketones is 1. The molecule has 0 saturated heterocycles. The topological polar surface area (TPSA) is 17.1 Å². The zero-order chi connectivity index (χ0) is 10.1. The van der Waals surface area contributed by atoms with Gasteiger partial charge in [0.2, 0.25) is 0 Å². The first-order valence-electron chi connectivity index (χ1n) is 4.65. The Bertz CT molecular complexity index is 176. The first-order valence-corrected chi connectivity index (χ1v) is 5.56. The molecule has 0 unspecified atom stereocenters. The molecule has 0 aromatic heterocycles. The van der Waals surface area contributed by atoms with E-state index in [2.05, 4.69) is 6.92 Å². The summed E-state index contributed by atoms with van der Waals surface area (Å²) in [6, 6.07) is 0. The molecule has 0 aliphatic heterocycles. The molecule has 3 heteroatoms. The third-order valence-electron chi connectivity index (χ3n) is 1.68. The minimum absolute atomic E-state index is 0.0245. The molecule has 0 aliphatic rings. The molecule has 0 rings (SSSR count). The summed E-state index contributed by atoms with van der Waals surface area (Å²) in [5, 5.41) is 0.656. The van der Waals surface area contributed by atoms with Gasteiger partial charge in [0.1, 0.15) is 0 Å². The third kappa shape index (κ3) is 8.32. The fourth-order valence-electron chi connectivity index (χ4n) is 0.956. The van der Waals surface area contributed by atoms with Crippen LogP contribution < -0.4 is 0 Å². The van der Waals surface area contributed by atoms with Gasteiger partial charge in [0.25, 0.3) is 0 Å². The lowest BCUT2D eigenvalue weighted by Crippen LogP contribution is -1.94. The van der Waals surface area contributed by atoms with Crippen molar-refractivity contribution in [1.82, 2.24) is 0 Å². The SMILES string of the molecule is CCCCC/C(Cl)=C\C(=O)CCCl. The average Bonchev–Trinajstić information content (AvgIpc) is 2.05. The van der Waals surface area contributed by atoms with Crippen molar-refractivity contribution in [3.8, 4) is 0 Å². The molecule has 76 valence electrons. The van der Waals surface area contributed by atoms with Gasteiger partial charge in [0, 0.05) is 17.3 Å². The Morgan fingerprint density at radius 1 is 1.31 bits per heavy atom. The molecular weight excluding hydrogens is 207 g/mol. The van der Waals surface area contributed by atoms with Gasteiger partial charge >= 0.3 is 0 Å². The summed E-state index contributed by atoms with van der Waals surface area (Å²) in [6.45, 7) is 2.14. The normalized spacial score (nSPS) is 11.8. The molecule has 0 heterocycles. The Hall–Kier alpha value is -0.0100. The largest absolute Gasteiger partial charge is 0.295 e. The van der Waals surface area contributed by atoms with Gasteiger partial charge in [-0.05, 0) is 18.9 Å². The first kappa shape index (κ1) is 13.0. The highest BCUT2D eigenvalue weighted by atomic mass is 35.5. The van der Waals surface area contributed by atoms with E-state index in [-0.39, 0.29) is 5.78 Å². The summed E-state index contributed by atoms with van der Waals surface area (Å²) in [4.78, 5) is 11.0. The molecule has 0 fully saturated rings. The van der Waals surface area contributed by atoms with Gasteiger partial charge < -0.3 is 0 Å². The molecule has 0 bridgehead atoms. The van der Waals surface area contributed by atoms with Gasteiger partial charge in [0.05, 0.1) is 0 Å². The van der Waals surface area contributed by atoms with Gasteiger partial charge in [0.15, 0.2) is 5.78 Å². The predicted molar refractivity (Wildman–Crippen MR) is 58.4 cm³/mol. The van der Waals surface area contributed by atoms with Crippen molar-refractivity contribution in [3.63, 3.8) is 0 Å². The number of halogens is 2. The second kappa shape index (κ2) is 8.58. The molecule has 0 aromatic carbocycles. The van der Waals surface area contributed by atoms with E-state index < -0.39 is 0 Å². The molecule has 0 aromatic rings. The summed E-state index contributed by atoms with van der Waals surface area (Å²) in [7, 11) is 0. The summed E-state index contributed by atoms with van der Waals surface area (Å²) in [5.41, 5.74) is 0. The molecule has 0 saturated carbocycles. The van der Waals surface area contributed by atoms with E-state index in [1.54, 1.807) is 0 Å². The van der Waals surface area contributed by atoms with E-state index in [0.29, 0.717) is 17.3 Å². The highest BCUT2D eigenvalue weighted by Gasteiger charge is 1.99. The van der Waals surface area contributed by atoms with Crippen molar-refractivity contribution in [1.29, 1.82) is 0 Å². The minimum Gasteiger partial charge on any atom is -0.295 e. The van der Waals surface area contributed by atoms with Gasteiger partial charge in [-0.1, -0.05) is 31.4 Å². The Kier molecular flexibility index (Phi) is 8.58. The van der Waals surface area contributed by atoms with Gasteiger partial charge in [-0.3, -0.25) is 4.79 Å². The van der Waals surface area contributed by atoms with Crippen molar-refractivity contribution in [2.75, 3.05) is 5.88 Å². The molecule has 0 spiro atoms. The van der Waals surface area contributed by atoms with Crippen LogP contribution in [0.25, 0.3) is 0 Å². The number of hydrogen-bond donors (Lipinski definition) is 0. The van der Waals surface area contributed by atoms with Crippen LogP contribution in [-0.4, -0.2) is 11.7 Å². The van der Waals surface area contributed by atoms with Gasteiger partial charge in [-0.25, -0.2) is 0 Å². The lowest BCUT2D eigenvalue weighted by Gasteiger charge is -1.97. The highest BCUT2D eigenvalue weighted by molar-refractivity contribution is 6.31. The fourth-order valence-corrected chi connectivity index (χ4v) is 1.40. The molecule has 0 aliphatic carbocycles. The van der Waals surface area contributed by atoms with Crippen LogP contribution in [0.15, 0.2) is 11.1 Å². The third-order valence-corrected chi connectivity index (χ3v) is 2.16. The van der Waals surface area contributed by atoms with Crippen LogP contribution in [0, 0.1) is 0 Å². The summed E-state index contributed by atoms with van der Waals surface area (Å²) < 4.78 is 0. The molecule has 0 atom stereocenters. The molecule has 0 amide bonds. The maximum absolute atomic E-state index is 11.0. The fraction of sp³-hybridized carbons (Fsp3) is 0.700. The lowest BCUT2D eigenvalue weighted by molar-refractivity contribution is -0.114. The Morgan fingerprint density at radius 3 is 2.54 bits per heavy atom. The van der Waals surface area contributed by atoms with Crippen LogP contribution in [0.1, 0.15) is 39.0 Å². The minimum atomic E-state index is 0.0245. The molecular formula is C10H16Cl2O. The van der Waals surface area contributed by atoms with Gasteiger partial charge in [-0.2, -0.15) is 0 Å².